The molecule has 0 amide bonds. The fraction of sp³-hybridized carbons (Fsp3) is 0.750. The maximum absolute atomic E-state index is 10.5. The van der Waals surface area contributed by atoms with Gasteiger partial charge in [-0.2, -0.15) is 0 Å². The highest BCUT2D eigenvalue weighted by Gasteiger charge is 2.32. The topological polar surface area (TPSA) is 49.3 Å². The van der Waals surface area contributed by atoms with Gasteiger partial charge in [0.1, 0.15) is 6.04 Å². The van der Waals surface area contributed by atoms with Crippen molar-refractivity contribution in [1.82, 2.24) is 5.32 Å². The molecule has 1 aliphatic rings. The van der Waals surface area contributed by atoms with Gasteiger partial charge in [0, 0.05) is 5.88 Å². The summed E-state index contributed by atoms with van der Waals surface area (Å²) in [4.78, 5) is 10.5. The first-order valence-electron chi connectivity index (χ1n) is 2.61. The predicted octanol–water partition coefficient (Wildman–Crippen LogP) is 1.14. The van der Waals surface area contributed by atoms with E-state index >= 15 is 0 Å². The standard InChI is InChI=1S/C4H6INO2S2/c5-10-4-2(3(7)8)6-1-9-4/h2,4,6H,1H2,(H,7,8). The third kappa shape index (κ3) is 1.93. The molecule has 3 nitrogen and oxygen atoms in total. The van der Waals surface area contributed by atoms with Crippen molar-refractivity contribution >= 4 is 47.9 Å². The summed E-state index contributed by atoms with van der Waals surface area (Å²) in [7, 11) is 1.56. The van der Waals surface area contributed by atoms with Gasteiger partial charge in [0.05, 0.1) is 4.58 Å². The highest BCUT2D eigenvalue weighted by molar-refractivity contribution is 14.2. The lowest BCUT2D eigenvalue weighted by Gasteiger charge is -2.08. The van der Waals surface area contributed by atoms with E-state index < -0.39 is 5.97 Å². The van der Waals surface area contributed by atoms with Crippen LogP contribution in [-0.2, 0) is 4.79 Å². The van der Waals surface area contributed by atoms with Crippen LogP contribution in [0.15, 0.2) is 0 Å². The molecule has 1 aliphatic heterocycles. The molecule has 58 valence electrons. The molecule has 0 aromatic rings. The molecule has 1 fully saturated rings. The van der Waals surface area contributed by atoms with E-state index in [1.807, 2.05) is 0 Å². The smallest absolute Gasteiger partial charge is 0.322 e. The zero-order chi connectivity index (χ0) is 7.56. The SMILES string of the molecule is O=C(O)C1NCSC1SI. The van der Waals surface area contributed by atoms with E-state index in [0.717, 1.165) is 5.88 Å². The summed E-state index contributed by atoms with van der Waals surface area (Å²) in [6.45, 7) is 0. The second kappa shape index (κ2) is 4.03. The van der Waals surface area contributed by atoms with E-state index in [0.29, 0.717) is 0 Å². The Morgan fingerprint density at radius 1 is 1.90 bits per heavy atom. The molecule has 1 heterocycles. The first-order valence-corrected chi connectivity index (χ1v) is 7.08. The van der Waals surface area contributed by atoms with E-state index in [9.17, 15) is 4.79 Å². The second-order valence-corrected chi connectivity index (χ2v) is 5.43. The van der Waals surface area contributed by atoms with Crippen molar-refractivity contribution in [3.05, 3.63) is 0 Å². The number of hydrogen-bond acceptors (Lipinski definition) is 4. The average Bonchev–Trinajstić information content (AvgIpc) is 2.33. The van der Waals surface area contributed by atoms with E-state index in [2.05, 4.69) is 26.5 Å². The minimum Gasteiger partial charge on any atom is -0.480 e. The minimum atomic E-state index is -0.751. The number of rotatable bonds is 2. The van der Waals surface area contributed by atoms with Crippen molar-refractivity contribution in [3.63, 3.8) is 0 Å². The highest BCUT2D eigenvalue weighted by Crippen LogP contribution is 2.35. The van der Waals surface area contributed by atoms with Crippen LogP contribution >= 0.6 is 41.9 Å². The van der Waals surface area contributed by atoms with Crippen molar-refractivity contribution in [3.8, 4) is 0 Å². The molecule has 0 aromatic carbocycles. The fourth-order valence-corrected chi connectivity index (χ4v) is 4.47. The van der Waals surface area contributed by atoms with E-state index in [1.54, 1.807) is 20.7 Å². The van der Waals surface area contributed by atoms with Crippen LogP contribution in [0.25, 0.3) is 0 Å². The summed E-state index contributed by atoms with van der Waals surface area (Å²) >= 11 is 3.77. The zero-order valence-corrected chi connectivity index (χ0v) is 8.70. The van der Waals surface area contributed by atoms with Crippen molar-refractivity contribution in [1.29, 1.82) is 0 Å². The summed E-state index contributed by atoms with van der Waals surface area (Å²) in [5.41, 5.74) is 0. The summed E-state index contributed by atoms with van der Waals surface area (Å²) in [5.74, 6) is -0.00312. The van der Waals surface area contributed by atoms with Crippen LogP contribution in [-0.4, -0.2) is 27.6 Å². The van der Waals surface area contributed by atoms with Crippen LogP contribution in [0.2, 0.25) is 0 Å². The van der Waals surface area contributed by atoms with Crippen LogP contribution < -0.4 is 5.32 Å². The molecule has 0 saturated carbocycles. The Balaban J connectivity index is 2.50. The molecule has 2 unspecified atom stereocenters. The van der Waals surface area contributed by atoms with Crippen molar-refractivity contribution in [2.24, 2.45) is 0 Å². The lowest BCUT2D eigenvalue weighted by molar-refractivity contribution is -0.138. The van der Waals surface area contributed by atoms with Gasteiger partial charge in [0.15, 0.2) is 0 Å². The van der Waals surface area contributed by atoms with Crippen LogP contribution in [0.4, 0.5) is 0 Å². The first kappa shape index (κ1) is 8.95. The van der Waals surface area contributed by atoms with Gasteiger partial charge in [0.2, 0.25) is 0 Å². The largest absolute Gasteiger partial charge is 0.480 e. The fourth-order valence-electron chi connectivity index (χ4n) is 0.693. The molecule has 6 heteroatoms. The van der Waals surface area contributed by atoms with Crippen molar-refractivity contribution in [2.75, 3.05) is 5.88 Å². The predicted molar refractivity (Wildman–Crippen MR) is 52.4 cm³/mol. The quantitative estimate of drug-likeness (QED) is 0.747. The molecular weight excluding hydrogens is 285 g/mol. The molecule has 0 spiro atoms. The van der Waals surface area contributed by atoms with Crippen molar-refractivity contribution in [2.45, 2.75) is 10.6 Å². The van der Waals surface area contributed by atoms with Gasteiger partial charge >= 0.3 is 5.97 Å². The molecule has 1 saturated heterocycles. The number of aliphatic carboxylic acids is 1. The Morgan fingerprint density at radius 3 is 3.00 bits per heavy atom. The number of carboxylic acid groups (broad SMARTS) is 1. The molecule has 0 aromatic heterocycles. The van der Waals surface area contributed by atoms with Gasteiger partial charge < -0.3 is 5.11 Å². The van der Waals surface area contributed by atoms with Crippen LogP contribution in [0.3, 0.4) is 0 Å². The molecule has 1 rings (SSSR count). The van der Waals surface area contributed by atoms with Crippen LogP contribution in [0, 0.1) is 0 Å². The van der Waals surface area contributed by atoms with Gasteiger partial charge in [-0.3, -0.25) is 10.1 Å². The molecule has 10 heavy (non-hydrogen) atoms. The summed E-state index contributed by atoms with van der Waals surface area (Å²) in [6, 6.07) is -0.369. The Kier molecular flexibility index (Phi) is 3.61. The molecule has 0 radical (unpaired) electrons. The third-order valence-corrected chi connectivity index (χ3v) is 5.93. The lowest BCUT2D eigenvalue weighted by Crippen LogP contribution is -2.36. The lowest BCUT2D eigenvalue weighted by atomic mass is 10.3. The van der Waals surface area contributed by atoms with Crippen LogP contribution in [0.5, 0.6) is 0 Å². The van der Waals surface area contributed by atoms with Crippen molar-refractivity contribution < 1.29 is 9.90 Å². The molecule has 0 bridgehead atoms. The maximum atomic E-state index is 10.5. The summed E-state index contributed by atoms with van der Waals surface area (Å²) < 4.78 is 0.165. The van der Waals surface area contributed by atoms with Gasteiger partial charge in [-0.15, -0.1) is 11.8 Å². The Morgan fingerprint density at radius 2 is 2.60 bits per heavy atom. The first-order chi connectivity index (χ1) is 4.75. The third-order valence-electron chi connectivity index (χ3n) is 1.18. The van der Waals surface area contributed by atoms with Crippen LogP contribution in [0.1, 0.15) is 0 Å². The average molecular weight is 291 g/mol. The minimum absolute atomic E-state index is 0.165. The Hall–Kier alpha value is 0.860. The number of hydrogen-bond donors (Lipinski definition) is 2. The van der Waals surface area contributed by atoms with Gasteiger partial charge in [-0.25, -0.2) is 0 Å². The van der Waals surface area contributed by atoms with Gasteiger partial charge in [-0.1, -0.05) is 8.93 Å². The van der Waals surface area contributed by atoms with E-state index in [-0.39, 0.29) is 10.6 Å². The van der Waals surface area contributed by atoms with E-state index in [1.165, 1.54) is 0 Å². The maximum Gasteiger partial charge on any atom is 0.322 e. The van der Waals surface area contributed by atoms with E-state index in [4.69, 9.17) is 5.11 Å². The second-order valence-electron chi connectivity index (χ2n) is 1.79. The van der Waals surface area contributed by atoms with Gasteiger partial charge in [-0.05, 0) is 21.2 Å². The molecular formula is C4H6INO2S2. The molecule has 0 aliphatic carbocycles. The van der Waals surface area contributed by atoms with Gasteiger partial charge in [0.25, 0.3) is 0 Å². The normalized spacial score (nSPS) is 32.5. The Bertz CT molecular complexity index is 145. The summed E-state index contributed by atoms with van der Waals surface area (Å²) in [5, 5.41) is 11.5. The number of carbonyl (C=O) groups is 1. The highest BCUT2D eigenvalue weighted by atomic mass is 127. The molecule has 2 atom stereocenters. The number of thioether (sulfide) groups is 1. The number of halogens is 1. The Labute approximate surface area is 79.3 Å². The monoisotopic (exact) mass is 291 g/mol. The zero-order valence-electron chi connectivity index (χ0n) is 4.91. The number of carboxylic acids is 1. The number of nitrogens with one attached hydrogen (secondary N) is 1. The summed E-state index contributed by atoms with van der Waals surface area (Å²) in [6.07, 6.45) is 0. The molecule has 2 N–H and O–H groups in total.